The molecule has 0 saturated carbocycles. The van der Waals surface area contributed by atoms with E-state index >= 15 is 0 Å². The Kier molecular flexibility index (Phi) is 4.92. The van der Waals surface area contributed by atoms with Gasteiger partial charge >= 0.3 is 0 Å². The number of anilines is 1. The van der Waals surface area contributed by atoms with Gasteiger partial charge in [0, 0.05) is 32.1 Å². The first-order valence-electron chi connectivity index (χ1n) is 9.31. The van der Waals surface area contributed by atoms with E-state index < -0.39 is 5.92 Å². The summed E-state index contributed by atoms with van der Waals surface area (Å²) in [5.41, 5.74) is 2.69. The van der Waals surface area contributed by atoms with E-state index in [2.05, 4.69) is 15.3 Å². The van der Waals surface area contributed by atoms with Crippen LogP contribution in [0.3, 0.4) is 0 Å². The number of amides is 2. The van der Waals surface area contributed by atoms with Crippen molar-refractivity contribution in [2.45, 2.75) is 18.8 Å². The second-order valence-electron chi connectivity index (χ2n) is 7.11. The molecule has 0 saturated heterocycles. The fraction of sp³-hybridized carbons (Fsp3) is 0.286. The topological polar surface area (TPSA) is 87.3 Å². The van der Waals surface area contributed by atoms with Crippen molar-refractivity contribution in [3.63, 3.8) is 0 Å². The fourth-order valence-electron chi connectivity index (χ4n) is 3.59. The van der Waals surface area contributed by atoms with Crippen LogP contribution in [0.5, 0.6) is 5.75 Å². The summed E-state index contributed by atoms with van der Waals surface area (Å²) in [5.74, 6) is 0.0853. The number of methoxy groups -OCH3 is 1. The Labute approximate surface area is 166 Å². The van der Waals surface area contributed by atoms with Crippen molar-refractivity contribution < 1.29 is 18.7 Å². The molecule has 0 aliphatic carbocycles. The van der Waals surface area contributed by atoms with Gasteiger partial charge in [0.05, 0.1) is 24.1 Å². The van der Waals surface area contributed by atoms with Gasteiger partial charge in [0.1, 0.15) is 17.4 Å². The number of rotatable bonds is 5. The molecule has 0 bridgehead atoms. The van der Waals surface area contributed by atoms with Crippen molar-refractivity contribution in [2.24, 2.45) is 0 Å². The maximum Gasteiger partial charge on any atom is 0.230 e. The third kappa shape index (κ3) is 3.78. The number of halogens is 1. The molecule has 2 amide bonds. The van der Waals surface area contributed by atoms with Crippen molar-refractivity contribution in [3.05, 3.63) is 53.6 Å². The third-order valence-corrected chi connectivity index (χ3v) is 5.15. The molecule has 150 valence electrons. The molecule has 3 aromatic rings. The van der Waals surface area contributed by atoms with Crippen molar-refractivity contribution >= 4 is 28.5 Å². The summed E-state index contributed by atoms with van der Waals surface area (Å²) < 4.78 is 18.6. The van der Waals surface area contributed by atoms with Crippen molar-refractivity contribution in [2.75, 3.05) is 26.0 Å². The molecule has 2 aromatic carbocycles. The van der Waals surface area contributed by atoms with Gasteiger partial charge in [0.25, 0.3) is 0 Å². The number of carbonyl (C=O) groups is 2. The monoisotopic (exact) mass is 396 g/mol. The largest absolute Gasteiger partial charge is 0.497 e. The number of benzene rings is 2. The lowest BCUT2D eigenvalue weighted by Gasteiger charge is -2.28. The fourth-order valence-corrected chi connectivity index (χ4v) is 3.59. The first kappa shape index (κ1) is 18.9. The van der Waals surface area contributed by atoms with Crippen LogP contribution in [-0.2, 0) is 16.0 Å². The average Bonchev–Trinajstić information content (AvgIpc) is 3.12. The molecule has 7 nitrogen and oxygen atoms in total. The minimum atomic E-state index is -0.566. The van der Waals surface area contributed by atoms with Gasteiger partial charge in [-0.15, -0.1) is 0 Å². The number of nitrogens with zero attached hydrogens (tertiary/aromatic N) is 2. The van der Waals surface area contributed by atoms with Crippen LogP contribution >= 0.6 is 0 Å². The van der Waals surface area contributed by atoms with Gasteiger partial charge in [0.15, 0.2) is 0 Å². The van der Waals surface area contributed by atoms with Gasteiger partial charge in [-0.1, -0.05) is 0 Å². The highest BCUT2D eigenvalue weighted by Crippen LogP contribution is 2.35. The van der Waals surface area contributed by atoms with Crippen LogP contribution in [0.2, 0.25) is 0 Å². The number of hydrogen-bond acceptors (Lipinski definition) is 4. The summed E-state index contributed by atoms with van der Waals surface area (Å²) in [5, 5.41) is 2.80. The number of imidazole rings is 1. The van der Waals surface area contributed by atoms with Crippen molar-refractivity contribution in [3.8, 4) is 5.75 Å². The van der Waals surface area contributed by atoms with E-state index in [0.717, 1.165) is 5.56 Å². The van der Waals surface area contributed by atoms with E-state index in [-0.39, 0.29) is 24.1 Å². The quantitative estimate of drug-likeness (QED) is 0.694. The van der Waals surface area contributed by atoms with Crippen LogP contribution in [0, 0.1) is 5.82 Å². The Morgan fingerprint density at radius 3 is 2.93 bits per heavy atom. The zero-order valence-electron chi connectivity index (χ0n) is 16.2. The summed E-state index contributed by atoms with van der Waals surface area (Å²) in [4.78, 5) is 34.2. The van der Waals surface area contributed by atoms with Crippen molar-refractivity contribution in [1.82, 2.24) is 14.9 Å². The van der Waals surface area contributed by atoms with E-state index in [0.29, 0.717) is 41.3 Å². The van der Waals surface area contributed by atoms with E-state index in [1.165, 1.54) is 12.1 Å². The molecule has 4 rings (SSSR count). The van der Waals surface area contributed by atoms with Gasteiger partial charge in [0.2, 0.25) is 11.8 Å². The van der Waals surface area contributed by atoms with Crippen LogP contribution < -0.4 is 10.1 Å². The number of aromatic amines is 1. The Hall–Kier alpha value is -3.42. The maximum absolute atomic E-state index is 13.3. The predicted octanol–water partition coefficient (Wildman–Crippen LogP) is 2.84. The molecule has 1 aliphatic rings. The van der Waals surface area contributed by atoms with Gasteiger partial charge in [-0.2, -0.15) is 0 Å². The van der Waals surface area contributed by atoms with Gasteiger partial charge < -0.3 is 19.9 Å². The molecular formula is C21H21FN4O3. The SMILES string of the molecule is COc1ccc2c(c1)C(C(=O)N(C)CCc1nc3ccc(F)cc3[nH]1)CC(=O)N2. The Bertz CT molecular complexity index is 1090. The van der Waals surface area contributed by atoms with E-state index in [1.54, 1.807) is 43.3 Å². The molecule has 1 atom stereocenters. The van der Waals surface area contributed by atoms with Crippen LogP contribution in [0.25, 0.3) is 11.0 Å². The molecule has 8 heteroatoms. The van der Waals surface area contributed by atoms with Gasteiger partial charge in [-0.05, 0) is 42.0 Å². The van der Waals surface area contributed by atoms with Crippen LogP contribution in [0.15, 0.2) is 36.4 Å². The standard InChI is InChI=1S/C21H21FN4O3/c1-26(8-7-19-23-17-5-3-12(22)9-18(17)24-19)21(28)15-11-20(27)25-16-6-4-13(29-2)10-14(15)16/h3-6,9-10,15H,7-8,11H2,1-2H3,(H,23,24)(H,25,27). The second kappa shape index (κ2) is 7.54. The van der Waals surface area contributed by atoms with Crippen LogP contribution in [0.4, 0.5) is 10.1 Å². The number of fused-ring (bicyclic) bond motifs is 2. The van der Waals surface area contributed by atoms with Crippen LogP contribution in [-0.4, -0.2) is 47.4 Å². The summed E-state index contributed by atoms with van der Waals surface area (Å²) >= 11 is 0. The average molecular weight is 396 g/mol. The van der Waals surface area contributed by atoms with E-state index in [1.807, 2.05) is 0 Å². The number of H-pyrrole nitrogens is 1. The highest BCUT2D eigenvalue weighted by atomic mass is 19.1. The van der Waals surface area contributed by atoms with Crippen molar-refractivity contribution in [1.29, 1.82) is 0 Å². The minimum absolute atomic E-state index is 0.0905. The predicted molar refractivity (Wildman–Crippen MR) is 106 cm³/mol. The molecule has 0 spiro atoms. The lowest BCUT2D eigenvalue weighted by molar-refractivity contribution is -0.133. The smallest absolute Gasteiger partial charge is 0.230 e. The van der Waals surface area contributed by atoms with E-state index in [4.69, 9.17) is 4.74 Å². The Morgan fingerprint density at radius 1 is 1.31 bits per heavy atom. The number of ether oxygens (including phenoxy) is 1. The molecule has 0 fully saturated rings. The molecular weight excluding hydrogens is 375 g/mol. The lowest BCUT2D eigenvalue weighted by atomic mass is 9.89. The summed E-state index contributed by atoms with van der Waals surface area (Å²) in [7, 11) is 3.27. The molecule has 2 N–H and O–H groups in total. The molecule has 0 radical (unpaired) electrons. The van der Waals surface area contributed by atoms with E-state index in [9.17, 15) is 14.0 Å². The number of carbonyl (C=O) groups excluding carboxylic acids is 2. The maximum atomic E-state index is 13.3. The Balaban J connectivity index is 1.49. The molecule has 1 unspecified atom stereocenters. The van der Waals surface area contributed by atoms with Crippen LogP contribution in [0.1, 0.15) is 23.7 Å². The summed E-state index contributed by atoms with van der Waals surface area (Å²) in [6.45, 7) is 0.415. The molecule has 1 aromatic heterocycles. The highest BCUT2D eigenvalue weighted by Gasteiger charge is 2.32. The molecule has 1 aliphatic heterocycles. The summed E-state index contributed by atoms with van der Waals surface area (Å²) in [6.07, 6.45) is 0.579. The number of nitrogens with one attached hydrogen (secondary N) is 2. The number of hydrogen-bond donors (Lipinski definition) is 2. The number of aromatic nitrogens is 2. The van der Waals surface area contributed by atoms with Gasteiger partial charge in [-0.25, -0.2) is 9.37 Å². The zero-order valence-corrected chi connectivity index (χ0v) is 16.2. The highest BCUT2D eigenvalue weighted by molar-refractivity contribution is 6.01. The zero-order chi connectivity index (χ0) is 20.5. The third-order valence-electron chi connectivity index (χ3n) is 5.15. The lowest BCUT2D eigenvalue weighted by Crippen LogP contribution is -2.37. The Morgan fingerprint density at radius 2 is 2.14 bits per heavy atom. The first-order valence-corrected chi connectivity index (χ1v) is 9.31. The van der Waals surface area contributed by atoms with Gasteiger partial charge in [-0.3, -0.25) is 9.59 Å². The second-order valence-corrected chi connectivity index (χ2v) is 7.11. The first-order chi connectivity index (χ1) is 13.9. The minimum Gasteiger partial charge on any atom is -0.497 e. The molecule has 29 heavy (non-hydrogen) atoms. The number of likely N-dealkylation sites (N-methyl/N-ethyl adjacent to an activating group) is 1. The summed E-state index contributed by atoms with van der Waals surface area (Å²) in [6, 6.07) is 9.66. The molecule has 2 heterocycles. The normalized spacial score (nSPS) is 15.7.